The molecule has 0 spiro atoms. The predicted octanol–water partition coefficient (Wildman–Crippen LogP) is 2.76. The molecular formula is C20H30N2O2. The number of aliphatic hydroxyl groups is 1. The zero-order chi connectivity index (χ0) is 17.2. The van der Waals surface area contributed by atoms with Gasteiger partial charge in [0.2, 0.25) is 5.91 Å². The summed E-state index contributed by atoms with van der Waals surface area (Å²) in [5, 5.41) is 10.9. The second-order valence-electron chi connectivity index (χ2n) is 7.60. The number of hydrogen-bond acceptors (Lipinski definition) is 3. The van der Waals surface area contributed by atoms with Crippen molar-refractivity contribution in [2.75, 3.05) is 19.6 Å². The van der Waals surface area contributed by atoms with Gasteiger partial charge in [0, 0.05) is 25.2 Å². The fraction of sp³-hybridized carbons (Fsp3) is 0.650. The van der Waals surface area contributed by atoms with Gasteiger partial charge in [-0.05, 0) is 51.5 Å². The van der Waals surface area contributed by atoms with E-state index in [1.165, 1.54) is 6.42 Å². The topological polar surface area (TPSA) is 43.8 Å². The molecule has 3 rings (SSSR count). The van der Waals surface area contributed by atoms with Gasteiger partial charge in [-0.25, -0.2) is 0 Å². The number of likely N-dealkylation sites (tertiary alicyclic amines) is 2. The highest BCUT2D eigenvalue weighted by atomic mass is 16.3. The summed E-state index contributed by atoms with van der Waals surface area (Å²) in [6.45, 7) is 6.36. The molecule has 4 nitrogen and oxygen atoms in total. The molecule has 2 atom stereocenters. The molecule has 2 saturated heterocycles. The number of amides is 1. The molecule has 24 heavy (non-hydrogen) atoms. The van der Waals surface area contributed by atoms with E-state index < -0.39 is 5.60 Å². The van der Waals surface area contributed by atoms with Crippen LogP contribution in [0.3, 0.4) is 0 Å². The standard InChI is InChI=1S/C20H30N2O2/c1-16-7-6-8-17(2)22(16)19(23)15-21-13-11-20(24,12-14-21)18-9-4-3-5-10-18/h3-5,9-10,16-17,24H,6-8,11-15H2,1-2H3/t16-,17+. The van der Waals surface area contributed by atoms with E-state index in [0.717, 1.165) is 31.5 Å². The second-order valence-corrected chi connectivity index (χ2v) is 7.60. The lowest BCUT2D eigenvalue weighted by molar-refractivity contribution is -0.139. The van der Waals surface area contributed by atoms with Crippen molar-refractivity contribution in [3.8, 4) is 0 Å². The van der Waals surface area contributed by atoms with Crippen LogP contribution in [0.25, 0.3) is 0 Å². The van der Waals surface area contributed by atoms with Crippen LogP contribution in [0.2, 0.25) is 0 Å². The van der Waals surface area contributed by atoms with Crippen LogP contribution in [0, 0.1) is 0 Å². The Morgan fingerprint density at radius 1 is 1.12 bits per heavy atom. The predicted molar refractivity (Wildman–Crippen MR) is 95.6 cm³/mol. The summed E-state index contributed by atoms with van der Waals surface area (Å²) in [5.74, 6) is 0.250. The van der Waals surface area contributed by atoms with Crippen molar-refractivity contribution in [3.05, 3.63) is 35.9 Å². The molecule has 0 bridgehead atoms. The Kier molecular flexibility index (Phi) is 5.26. The number of hydrogen-bond donors (Lipinski definition) is 1. The quantitative estimate of drug-likeness (QED) is 0.927. The van der Waals surface area contributed by atoms with Crippen LogP contribution in [0.4, 0.5) is 0 Å². The van der Waals surface area contributed by atoms with E-state index in [0.29, 0.717) is 31.5 Å². The number of benzene rings is 1. The van der Waals surface area contributed by atoms with Crippen molar-refractivity contribution in [3.63, 3.8) is 0 Å². The monoisotopic (exact) mass is 330 g/mol. The van der Waals surface area contributed by atoms with Crippen molar-refractivity contribution in [1.29, 1.82) is 0 Å². The Morgan fingerprint density at radius 2 is 1.71 bits per heavy atom. The van der Waals surface area contributed by atoms with Gasteiger partial charge in [-0.3, -0.25) is 9.69 Å². The Morgan fingerprint density at radius 3 is 2.29 bits per heavy atom. The number of carbonyl (C=O) groups excluding carboxylic acids is 1. The molecule has 2 aliphatic heterocycles. The molecule has 1 N–H and O–H groups in total. The summed E-state index contributed by atoms with van der Waals surface area (Å²) < 4.78 is 0. The molecule has 1 aromatic carbocycles. The van der Waals surface area contributed by atoms with Crippen LogP contribution in [0.5, 0.6) is 0 Å². The third kappa shape index (κ3) is 3.65. The van der Waals surface area contributed by atoms with Crippen LogP contribution in [-0.2, 0) is 10.4 Å². The second kappa shape index (κ2) is 7.24. The smallest absolute Gasteiger partial charge is 0.237 e. The van der Waals surface area contributed by atoms with Crippen molar-refractivity contribution in [1.82, 2.24) is 9.80 Å². The molecule has 1 amide bonds. The molecule has 0 radical (unpaired) electrons. The Labute approximate surface area is 145 Å². The molecule has 2 aliphatic rings. The maximum Gasteiger partial charge on any atom is 0.237 e. The van der Waals surface area contributed by atoms with E-state index in [1.807, 2.05) is 30.3 Å². The van der Waals surface area contributed by atoms with Crippen molar-refractivity contribution in [2.45, 2.75) is 63.6 Å². The number of nitrogens with zero attached hydrogens (tertiary/aromatic N) is 2. The zero-order valence-corrected chi connectivity index (χ0v) is 14.9. The Hall–Kier alpha value is -1.39. The van der Waals surface area contributed by atoms with E-state index in [4.69, 9.17) is 0 Å². The van der Waals surface area contributed by atoms with Crippen LogP contribution >= 0.6 is 0 Å². The largest absolute Gasteiger partial charge is 0.385 e. The van der Waals surface area contributed by atoms with Crippen LogP contribution in [-0.4, -0.2) is 52.5 Å². The van der Waals surface area contributed by atoms with Crippen LogP contribution in [0.15, 0.2) is 30.3 Å². The molecule has 2 heterocycles. The van der Waals surface area contributed by atoms with Gasteiger partial charge in [-0.15, -0.1) is 0 Å². The van der Waals surface area contributed by atoms with Gasteiger partial charge in [-0.1, -0.05) is 30.3 Å². The van der Waals surface area contributed by atoms with Crippen LogP contribution < -0.4 is 0 Å². The van der Waals surface area contributed by atoms with E-state index in [-0.39, 0.29) is 5.91 Å². The van der Waals surface area contributed by atoms with Gasteiger partial charge >= 0.3 is 0 Å². The summed E-state index contributed by atoms with van der Waals surface area (Å²) in [5.41, 5.74) is 0.251. The van der Waals surface area contributed by atoms with Crippen molar-refractivity contribution in [2.24, 2.45) is 0 Å². The molecule has 0 saturated carbocycles. The number of piperidine rings is 2. The van der Waals surface area contributed by atoms with E-state index >= 15 is 0 Å². The molecule has 1 aromatic rings. The number of rotatable bonds is 3. The molecule has 0 aromatic heterocycles. The third-order valence-electron chi connectivity index (χ3n) is 5.83. The average Bonchev–Trinajstić information content (AvgIpc) is 2.58. The fourth-order valence-corrected chi connectivity index (χ4v) is 4.30. The summed E-state index contributed by atoms with van der Waals surface area (Å²) in [7, 11) is 0. The lowest BCUT2D eigenvalue weighted by Gasteiger charge is -2.42. The molecule has 132 valence electrons. The zero-order valence-electron chi connectivity index (χ0n) is 14.9. The highest BCUT2D eigenvalue weighted by Gasteiger charge is 2.36. The molecule has 0 aliphatic carbocycles. The highest BCUT2D eigenvalue weighted by molar-refractivity contribution is 5.79. The lowest BCUT2D eigenvalue weighted by Crippen LogP contribution is -2.52. The van der Waals surface area contributed by atoms with E-state index in [1.54, 1.807) is 0 Å². The summed E-state index contributed by atoms with van der Waals surface area (Å²) in [4.78, 5) is 17.0. The summed E-state index contributed by atoms with van der Waals surface area (Å²) in [6.07, 6.45) is 4.83. The normalized spacial score (nSPS) is 27.9. The Bertz CT molecular complexity index is 542. The summed E-state index contributed by atoms with van der Waals surface area (Å²) >= 11 is 0. The minimum Gasteiger partial charge on any atom is -0.385 e. The molecule has 0 unspecified atom stereocenters. The SMILES string of the molecule is C[C@@H]1CCC[C@H](C)N1C(=O)CN1CCC(O)(c2ccccc2)CC1. The van der Waals surface area contributed by atoms with Gasteiger partial charge in [0.25, 0.3) is 0 Å². The third-order valence-corrected chi connectivity index (χ3v) is 5.83. The van der Waals surface area contributed by atoms with Crippen LogP contribution in [0.1, 0.15) is 51.5 Å². The maximum atomic E-state index is 12.7. The van der Waals surface area contributed by atoms with Gasteiger partial charge in [0.1, 0.15) is 0 Å². The molecule has 2 fully saturated rings. The minimum atomic E-state index is -0.744. The first kappa shape index (κ1) is 17.4. The molecular weight excluding hydrogens is 300 g/mol. The van der Waals surface area contributed by atoms with Crippen molar-refractivity contribution >= 4 is 5.91 Å². The fourth-order valence-electron chi connectivity index (χ4n) is 4.30. The number of carbonyl (C=O) groups is 1. The van der Waals surface area contributed by atoms with Gasteiger partial charge in [0.15, 0.2) is 0 Å². The minimum absolute atomic E-state index is 0.250. The van der Waals surface area contributed by atoms with Gasteiger partial charge in [-0.2, -0.15) is 0 Å². The Balaban J connectivity index is 1.56. The first-order valence-electron chi connectivity index (χ1n) is 9.31. The maximum absolute atomic E-state index is 12.7. The van der Waals surface area contributed by atoms with Gasteiger partial charge in [0.05, 0.1) is 12.1 Å². The average molecular weight is 330 g/mol. The van der Waals surface area contributed by atoms with E-state index in [2.05, 4.69) is 23.6 Å². The highest BCUT2D eigenvalue weighted by Crippen LogP contribution is 2.32. The lowest BCUT2D eigenvalue weighted by atomic mass is 9.84. The summed E-state index contributed by atoms with van der Waals surface area (Å²) in [6, 6.07) is 10.6. The molecule has 4 heteroatoms. The van der Waals surface area contributed by atoms with Gasteiger partial charge < -0.3 is 10.0 Å². The first-order valence-corrected chi connectivity index (χ1v) is 9.31. The first-order chi connectivity index (χ1) is 11.5. The van der Waals surface area contributed by atoms with E-state index in [9.17, 15) is 9.90 Å². The van der Waals surface area contributed by atoms with Crippen molar-refractivity contribution < 1.29 is 9.90 Å².